The Morgan fingerprint density at radius 2 is 1.84 bits per heavy atom. The maximum Gasteiger partial charge on any atom is 0.301 e. The standard InChI is InChI=1S/C24H21FN2O5/c1-13(2)31-16-10-8-15(9-11-16)22(28)20-21(17-6-4-5-7-18(17)25)27(24(30)23(20)29)19-12-14(3)32-26-19/h4-13,21,28H,1-3H3/t21-/m0/s1. The summed E-state index contributed by atoms with van der Waals surface area (Å²) in [5.41, 5.74) is 0.101. The van der Waals surface area contributed by atoms with Crippen molar-refractivity contribution < 1.29 is 28.3 Å². The Morgan fingerprint density at radius 3 is 2.44 bits per heavy atom. The quantitative estimate of drug-likeness (QED) is 0.359. The molecule has 1 N–H and O–H groups in total. The summed E-state index contributed by atoms with van der Waals surface area (Å²) in [7, 11) is 0. The van der Waals surface area contributed by atoms with Gasteiger partial charge in [-0.25, -0.2) is 4.39 Å². The molecule has 2 aromatic carbocycles. The summed E-state index contributed by atoms with van der Waals surface area (Å²) in [5.74, 6) is -1.88. The molecule has 7 nitrogen and oxygen atoms in total. The van der Waals surface area contributed by atoms with Crippen LogP contribution in [-0.4, -0.2) is 28.1 Å². The molecule has 1 aromatic heterocycles. The number of aliphatic hydroxyl groups excluding tert-OH is 1. The summed E-state index contributed by atoms with van der Waals surface area (Å²) < 4.78 is 25.4. The minimum atomic E-state index is -1.22. The number of rotatable bonds is 5. The second kappa shape index (κ2) is 8.30. The molecule has 0 bridgehead atoms. The Labute approximate surface area is 183 Å². The van der Waals surface area contributed by atoms with Gasteiger partial charge in [0.2, 0.25) is 0 Å². The molecule has 0 saturated carbocycles. The Hall–Kier alpha value is -3.94. The van der Waals surface area contributed by atoms with Crippen molar-refractivity contribution in [1.82, 2.24) is 5.16 Å². The van der Waals surface area contributed by atoms with Crippen LogP contribution in [0.1, 0.15) is 36.8 Å². The SMILES string of the molecule is Cc1cc(N2C(=O)C(=O)C(=C(O)c3ccc(OC(C)C)cc3)[C@@H]2c2ccccc2F)no1. The first kappa shape index (κ1) is 21.3. The molecule has 1 amide bonds. The van der Waals surface area contributed by atoms with E-state index in [4.69, 9.17) is 9.26 Å². The number of hydrogen-bond donors (Lipinski definition) is 1. The largest absolute Gasteiger partial charge is 0.507 e. The number of carbonyl (C=O) groups excluding carboxylic acids is 2. The fourth-order valence-electron chi connectivity index (χ4n) is 3.65. The van der Waals surface area contributed by atoms with E-state index >= 15 is 0 Å². The van der Waals surface area contributed by atoms with Crippen molar-refractivity contribution in [1.29, 1.82) is 0 Å². The lowest BCUT2D eigenvalue weighted by Gasteiger charge is -2.23. The number of Topliss-reactive ketones (excluding diaryl/α,β-unsaturated/α-hetero) is 1. The summed E-state index contributed by atoms with van der Waals surface area (Å²) in [6.07, 6.45) is -0.0354. The van der Waals surface area contributed by atoms with Gasteiger partial charge in [0.1, 0.15) is 23.1 Å². The van der Waals surface area contributed by atoms with Gasteiger partial charge in [0, 0.05) is 17.2 Å². The zero-order chi connectivity index (χ0) is 23.0. The van der Waals surface area contributed by atoms with Crippen LogP contribution in [0.3, 0.4) is 0 Å². The van der Waals surface area contributed by atoms with Crippen LogP contribution in [0.2, 0.25) is 0 Å². The average Bonchev–Trinajstić information content (AvgIpc) is 3.29. The van der Waals surface area contributed by atoms with Crippen LogP contribution >= 0.6 is 0 Å². The number of benzene rings is 2. The summed E-state index contributed by atoms with van der Waals surface area (Å²) in [5, 5.41) is 14.9. The molecule has 4 rings (SSSR count). The first-order chi connectivity index (χ1) is 15.3. The number of carbonyl (C=O) groups is 2. The Kier molecular flexibility index (Phi) is 5.52. The van der Waals surface area contributed by atoms with Gasteiger partial charge in [-0.2, -0.15) is 0 Å². The van der Waals surface area contributed by atoms with E-state index < -0.39 is 29.3 Å². The number of aromatic nitrogens is 1. The molecular formula is C24H21FN2O5. The van der Waals surface area contributed by atoms with E-state index in [-0.39, 0.29) is 28.6 Å². The molecular weight excluding hydrogens is 415 g/mol. The van der Waals surface area contributed by atoms with Gasteiger partial charge >= 0.3 is 5.91 Å². The number of aryl methyl sites for hydroxylation is 1. The average molecular weight is 436 g/mol. The van der Waals surface area contributed by atoms with Crippen LogP contribution < -0.4 is 9.64 Å². The molecule has 1 atom stereocenters. The molecule has 8 heteroatoms. The molecule has 1 aliphatic heterocycles. The van der Waals surface area contributed by atoms with E-state index in [0.717, 1.165) is 4.90 Å². The highest BCUT2D eigenvalue weighted by molar-refractivity contribution is 6.51. The lowest BCUT2D eigenvalue weighted by atomic mass is 9.95. The number of halogens is 1. The van der Waals surface area contributed by atoms with Gasteiger partial charge in [0.15, 0.2) is 5.82 Å². The minimum Gasteiger partial charge on any atom is -0.507 e. The van der Waals surface area contributed by atoms with Gasteiger partial charge < -0.3 is 14.4 Å². The third kappa shape index (κ3) is 3.75. The number of ketones is 1. The number of anilines is 1. The highest BCUT2D eigenvalue weighted by atomic mass is 19.1. The number of ether oxygens (including phenoxy) is 1. The summed E-state index contributed by atoms with van der Waals surface area (Å²) in [6.45, 7) is 5.40. The first-order valence-corrected chi connectivity index (χ1v) is 10.0. The maximum absolute atomic E-state index is 14.8. The summed E-state index contributed by atoms with van der Waals surface area (Å²) in [6, 6.07) is 12.4. The Morgan fingerprint density at radius 1 is 1.16 bits per heavy atom. The third-order valence-electron chi connectivity index (χ3n) is 5.01. The molecule has 0 spiro atoms. The summed E-state index contributed by atoms with van der Waals surface area (Å²) in [4.78, 5) is 27.0. The lowest BCUT2D eigenvalue weighted by Crippen LogP contribution is -2.30. The van der Waals surface area contributed by atoms with E-state index in [2.05, 4.69) is 5.16 Å². The molecule has 3 aromatic rings. The molecule has 0 unspecified atom stereocenters. The summed E-state index contributed by atoms with van der Waals surface area (Å²) >= 11 is 0. The second-order valence-electron chi connectivity index (χ2n) is 7.68. The molecule has 32 heavy (non-hydrogen) atoms. The molecule has 1 aliphatic rings. The zero-order valence-corrected chi connectivity index (χ0v) is 17.7. The Balaban J connectivity index is 1.87. The fraction of sp³-hybridized carbons (Fsp3) is 0.208. The van der Waals surface area contributed by atoms with Crippen molar-refractivity contribution in [3.05, 3.63) is 82.9 Å². The fourth-order valence-corrected chi connectivity index (χ4v) is 3.65. The van der Waals surface area contributed by atoms with Gasteiger partial charge in [-0.05, 0) is 51.1 Å². The normalized spacial score (nSPS) is 17.9. The lowest BCUT2D eigenvalue weighted by molar-refractivity contribution is -0.132. The van der Waals surface area contributed by atoms with Crippen LogP contribution in [0.15, 0.2) is 64.7 Å². The van der Waals surface area contributed by atoms with E-state index in [1.165, 1.54) is 24.3 Å². The van der Waals surface area contributed by atoms with E-state index in [9.17, 15) is 19.1 Å². The van der Waals surface area contributed by atoms with Crippen molar-refractivity contribution >= 4 is 23.3 Å². The molecule has 164 valence electrons. The molecule has 1 fully saturated rings. The van der Waals surface area contributed by atoms with Crippen LogP contribution in [0.4, 0.5) is 10.2 Å². The van der Waals surface area contributed by atoms with E-state index in [1.54, 1.807) is 37.3 Å². The zero-order valence-electron chi connectivity index (χ0n) is 17.7. The van der Waals surface area contributed by atoms with Gasteiger partial charge in [0.05, 0.1) is 17.7 Å². The predicted octanol–water partition coefficient (Wildman–Crippen LogP) is 4.54. The van der Waals surface area contributed by atoms with Crippen molar-refractivity contribution in [2.45, 2.75) is 32.9 Å². The van der Waals surface area contributed by atoms with E-state index in [1.807, 2.05) is 13.8 Å². The van der Waals surface area contributed by atoms with Crippen molar-refractivity contribution in [2.24, 2.45) is 0 Å². The van der Waals surface area contributed by atoms with Crippen LogP contribution in [0, 0.1) is 12.7 Å². The smallest absolute Gasteiger partial charge is 0.301 e. The van der Waals surface area contributed by atoms with Crippen molar-refractivity contribution in [3.63, 3.8) is 0 Å². The number of nitrogens with zero attached hydrogens (tertiary/aromatic N) is 2. The van der Waals surface area contributed by atoms with Crippen LogP contribution in [-0.2, 0) is 9.59 Å². The number of aliphatic hydroxyl groups is 1. The van der Waals surface area contributed by atoms with Gasteiger partial charge in [0.25, 0.3) is 5.78 Å². The first-order valence-electron chi connectivity index (χ1n) is 10.0. The van der Waals surface area contributed by atoms with Crippen LogP contribution in [0.5, 0.6) is 5.75 Å². The van der Waals surface area contributed by atoms with Crippen molar-refractivity contribution in [2.75, 3.05) is 4.90 Å². The molecule has 1 saturated heterocycles. The number of hydrogen-bond acceptors (Lipinski definition) is 6. The molecule has 2 heterocycles. The predicted molar refractivity (Wildman–Crippen MR) is 115 cm³/mol. The van der Waals surface area contributed by atoms with Gasteiger partial charge in [-0.1, -0.05) is 23.4 Å². The monoisotopic (exact) mass is 436 g/mol. The second-order valence-corrected chi connectivity index (χ2v) is 7.68. The number of amides is 1. The topological polar surface area (TPSA) is 92.9 Å². The minimum absolute atomic E-state index is 0.0354. The van der Waals surface area contributed by atoms with E-state index in [0.29, 0.717) is 11.5 Å². The van der Waals surface area contributed by atoms with Crippen LogP contribution in [0.25, 0.3) is 5.76 Å². The van der Waals surface area contributed by atoms with Gasteiger partial charge in [-0.3, -0.25) is 14.5 Å². The highest BCUT2D eigenvalue weighted by Gasteiger charge is 2.48. The maximum atomic E-state index is 14.8. The molecule has 0 aliphatic carbocycles. The Bertz CT molecular complexity index is 1210. The van der Waals surface area contributed by atoms with Crippen molar-refractivity contribution in [3.8, 4) is 5.75 Å². The van der Waals surface area contributed by atoms with Gasteiger partial charge in [-0.15, -0.1) is 0 Å². The molecule has 0 radical (unpaired) electrons. The third-order valence-corrected chi connectivity index (χ3v) is 5.01. The highest BCUT2D eigenvalue weighted by Crippen LogP contribution is 2.42.